The van der Waals surface area contributed by atoms with Gasteiger partial charge in [0.2, 0.25) is 0 Å². The highest BCUT2D eigenvalue weighted by Gasteiger charge is 2.24. The molecule has 6 heteroatoms. The van der Waals surface area contributed by atoms with Crippen LogP contribution in [0.15, 0.2) is 36.5 Å². The zero-order valence-electron chi connectivity index (χ0n) is 13.8. The van der Waals surface area contributed by atoms with Gasteiger partial charge in [-0.05, 0) is 26.0 Å². The first-order chi connectivity index (χ1) is 11.1. The molecule has 0 radical (unpaired) electrons. The molecule has 1 aromatic carbocycles. The van der Waals surface area contributed by atoms with Crippen molar-refractivity contribution in [1.82, 2.24) is 24.8 Å². The molecule has 23 heavy (non-hydrogen) atoms. The number of β-amino-alcohol motifs (C(OH)–C–C–N with tert-alkyl or cyclic N) is 1. The van der Waals surface area contributed by atoms with Crippen molar-refractivity contribution in [1.29, 1.82) is 0 Å². The minimum absolute atomic E-state index is 0.269. The molecular formula is C17H25N5O. The third kappa shape index (κ3) is 4.16. The highest BCUT2D eigenvalue weighted by Crippen LogP contribution is 2.13. The van der Waals surface area contributed by atoms with E-state index in [0.29, 0.717) is 6.04 Å². The van der Waals surface area contributed by atoms with Crippen LogP contribution in [0.25, 0.3) is 5.69 Å². The quantitative estimate of drug-likeness (QED) is 0.897. The Bertz CT molecular complexity index is 612. The van der Waals surface area contributed by atoms with Crippen molar-refractivity contribution in [3.8, 4) is 5.69 Å². The van der Waals surface area contributed by atoms with Gasteiger partial charge in [0.05, 0.1) is 23.7 Å². The second kappa shape index (κ2) is 7.21. The van der Waals surface area contributed by atoms with Crippen molar-refractivity contribution in [2.45, 2.75) is 32.5 Å². The van der Waals surface area contributed by atoms with Gasteiger partial charge in [-0.3, -0.25) is 9.80 Å². The average Bonchev–Trinajstić information content (AvgIpc) is 2.99. The monoisotopic (exact) mass is 315 g/mol. The van der Waals surface area contributed by atoms with Gasteiger partial charge >= 0.3 is 0 Å². The molecule has 0 bridgehead atoms. The second-order valence-corrected chi connectivity index (χ2v) is 6.39. The third-order valence-corrected chi connectivity index (χ3v) is 4.26. The third-order valence-electron chi connectivity index (χ3n) is 4.26. The molecule has 1 fully saturated rings. The smallest absolute Gasteiger partial charge is 0.0971 e. The Labute approximate surface area is 137 Å². The van der Waals surface area contributed by atoms with Crippen molar-refractivity contribution in [2.75, 3.05) is 26.2 Å². The maximum atomic E-state index is 9.56. The van der Waals surface area contributed by atoms with Gasteiger partial charge in [0, 0.05) is 38.8 Å². The fraction of sp³-hybridized carbons (Fsp3) is 0.529. The zero-order chi connectivity index (χ0) is 16.2. The van der Waals surface area contributed by atoms with Crippen LogP contribution in [0.1, 0.15) is 19.5 Å². The van der Waals surface area contributed by atoms with Crippen LogP contribution in [0.2, 0.25) is 0 Å². The predicted molar refractivity (Wildman–Crippen MR) is 89.4 cm³/mol. The summed E-state index contributed by atoms with van der Waals surface area (Å²) in [6.45, 7) is 8.61. The Morgan fingerprint density at radius 2 is 2.04 bits per heavy atom. The van der Waals surface area contributed by atoms with E-state index in [4.69, 9.17) is 0 Å². The van der Waals surface area contributed by atoms with Gasteiger partial charge < -0.3 is 5.11 Å². The maximum Gasteiger partial charge on any atom is 0.0971 e. The first-order valence-corrected chi connectivity index (χ1v) is 8.23. The number of aliphatic hydroxyl groups is 1. The Kier molecular flexibility index (Phi) is 5.05. The molecule has 0 amide bonds. The van der Waals surface area contributed by atoms with Crippen molar-refractivity contribution in [2.24, 2.45) is 0 Å². The first-order valence-electron chi connectivity index (χ1n) is 8.23. The number of piperazine rings is 1. The van der Waals surface area contributed by atoms with Gasteiger partial charge in [0.1, 0.15) is 0 Å². The second-order valence-electron chi connectivity index (χ2n) is 6.39. The highest BCUT2D eigenvalue weighted by atomic mass is 16.3. The number of hydrogen-bond acceptors (Lipinski definition) is 5. The molecule has 3 rings (SSSR count). The van der Waals surface area contributed by atoms with E-state index in [1.54, 1.807) is 4.80 Å². The average molecular weight is 315 g/mol. The summed E-state index contributed by atoms with van der Waals surface area (Å²) in [7, 11) is 0. The molecule has 0 aliphatic carbocycles. The number of nitrogens with zero attached hydrogens (tertiary/aromatic N) is 5. The Hall–Kier alpha value is -1.76. The van der Waals surface area contributed by atoms with E-state index >= 15 is 0 Å². The van der Waals surface area contributed by atoms with E-state index in [2.05, 4.69) is 26.9 Å². The SMILES string of the molecule is C[C@H](O)CN1CCN(Cc2cnn(-c3ccccc3)n2)C[C@H]1C. The lowest BCUT2D eigenvalue weighted by Crippen LogP contribution is -2.53. The first kappa shape index (κ1) is 16.1. The topological polar surface area (TPSA) is 57.4 Å². The summed E-state index contributed by atoms with van der Waals surface area (Å²) in [5.41, 5.74) is 1.97. The van der Waals surface area contributed by atoms with Gasteiger partial charge in [0.15, 0.2) is 0 Å². The van der Waals surface area contributed by atoms with Gasteiger partial charge in [0.25, 0.3) is 0 Å². The highest BCUT2D eigenvalue weighted by molar-refractivity contribution is 5.28. The molecule has 1 aromatic heterocycles. The van der Waals surface area contributed by atoms with E-state index in [-0.39, 0.29) is 6.10 Å². The minimum atomic E-state index is -0.269. The van der Waals surface area contributed by atoms with Crippen LogP contribution in [0.5, 0.6) is 0 Å². The summed E-state index contributed by atoms with van der Waals surface area (Å²) in [5.74, 6) is 0. The van der Waals surface area contributed by atoms with Gasteiger partial charge in [-0.15, -0.1) is 0 Å². The number of benzene rings is 1. The summed E-state index contributed by atoms with van der Waals surface area (Å²) < 4.78 is 0. The Morgan fingerprint density at radius 3 is 2.74 bits per heavy atom. The Balaban J connectivity index is 1.58. The molecule has 6 nitrogen and oxygen atoms in total. The molecule has 0 saturated carbocycles. The number of aliphatic hydroxyl groups excluding tert-OH is 1. The summed E-state index contributed by atoms with van der Waals surface area (Å²) >= 11 is 0. The number of rotatable bonds is 5. The largest absolute Gasteiger partial charge is 0.392 e. The summed E-state index contributed by atoms with van der Waals surface area (Å²) in [6, 6.07) is 10.4. The molecule has 2 aromatic rings. The van der Waals surface area contributed by atoms with E-state index in [1.165, 1.54) is 0 Å². The Morgan fingerprint density at radius 1 is 1.26 bits per heavy atom. The molecule has 124 valence electrons. The standard InChI is InChI=1S/C17H25N5O/c1-14-11-20(8-9-21(14)12-15(2)23)13-16-10-18-22(19-16)17-6-4-3-5-7-17/h3-7,10,14-15,23H,8-9,11-13H2,1-2H3/t14-,15+/m1/s1. The predicted octanol–water partition coefficient (Wildman–Crippen LogP) is 1.15. The van der Waals surface area contributed by atoms with Crippen LogP contribution in [0.4, 0.5) is 0 Å². The lowest BCUT2D eigenvalue weighted by molar-refractivity contribution is 0.0418. The molecule has 0 unspecified atom stereocenters. The van der Waals surface area contributed by atoms with Gasteiger partial charge in [-0.25, -0.2) is 0 Å². The van der Waals surface area contributed by atoms with E-state index in [0.717, 1.165) is 44.1 Å². The molecule has 1 aliphatic heterocycles. The fourth-order valence-corrected chi connectivity index (χ4v) is 3.11. The van der Waals surface area contributed by atoms with Crippen molar-refractivity contribution >= 4 is 0 Å². The number of aromatic nitrogens is 3. The molecule has 0 spiro atoms. The molecule has 1 N–H and O–H groups in total. The molecule has 2 atom stereocenters. The molecule has 1 saturated heterocycles. The summed E-state index contributed by atoms with van der Waals surface area (Å²) in [6.07, 6.45) is 1.58. The molecule has 1 aliphatic rings. The maximum absolute atomic E-state index is 9.56. The van der Waals surface area contributed by atoms with Gasteiger partial charge in [-0.1, -0.05) is 18.2 Å². The van der Waals surface area contributed by atoms with Crippen molar-refractivity contribution < 1.29 is 5.11 Å². The number of hydrogen-bond donors (Lipinski definition) is 1. The molecular weight excluding hydrogens is 290 g/mol. The van der Waals surface area contributed by atoms with E-state index in [9.17, 15) is 5.11 Å². The molecule has 2 heterocycles. The van der Waals surface area contributed by atoms with Crippen LogP contribution in [0, 0.1) is 0 Å². The lowest BCUT2D eigenvalue weighted by atomic mass is 10.1. The summed E-state index contributed by atoms with van der Waals surface area (Å²) in [5, 5.41) is 18.5. The van der Waals surface area contributed by atoms with E-state index < -0.39 is 0 Å². The van der Waals surface area contributed by atoms with E-state index in [1.807, 2.05) is 43.5 Å². The minimum Gasteiger partial charge on any atom is -0.392 e. The van der Waals surface area contributed by atoms with Crippen LogP contribution < -0.4 is 0 Å². The fourth-order valence-electron chi connectivity index (χ4n) is 3.11. The normalized spacial score (nSPS) is 21.4. The van der Waals surface area contributed by atoms with Crippen LogP contribution in [-0.4, -0.2) is 68.2 Å². The number of para-hydroxylation sites is 1. The van der Waals surface area contributed by atoms with Gasteiger partial charge in [-0.2, -0.15) is 15.0 Å². The lowest BCUT2D eigenvalue weighted by Gasteiger charge is -2.40. The van der Waals surface area contributed by atoms with Crippen LogP contribution in [-0.2, 0) is 6.54 Å². The van der Waals surface area contributed by atoms with Crippen LogP contribution in [0.3, 0.4) is 0 Å². The zero-order valence-corrected chi connectivity index (χ0v) is 13.8. The van der Waals surface area contributed by atoms with Crippen LogP contribution >= 0.6 is 0 Å². The van der Waals surface area contributed by atoms with Crippen molar-refractivity contribution in [3.05, 3.63) is 42.2 Å². The van der Waals surface area contributed by atoms with Crippen molar-refractivity contribution in [3.63, 3.8) is 0 Å². The summed E-state index contributed by atoms with van der Waals surface area (Å²) in [4.78, 5) is 6.44.